The zero-order chi connectivity index (χ0) is 20.5. The maximum Gasteiger partial charge on any atom is 0.310 e. The highest BCUT2D eigenvalue weighted by molar-refractivity contribution is 14.0. The molecule has 2 aromatic rings. The molecule has 0 bridgehead atoms. The summed E-state index contributed by atoms with van der Waals surface area (Å²) in [6.07, 6.45) is 1.76. The fourth-order valence-corrected chi connectivity index (χ4v) is 3.49. The number of nitrogens with one attached hydrogen (secondary N) is 2. The van der Waals surface area contributed by atoms with Gasteiger partial charge in [-0.05, 0) is 30.0 Å². The van der Waals surface area contributed by atoms with Crippen LogP contribution in [0.2, 0.25) is 0 Å². The third kappa shape index (κ3) is 7.35. The molecule has 0 saturated heterocycles. The van der Waals surface area contributed by atoms with Crippen LogP contribution in [0.1, 0.15) is 18.2 Å². The summed E-state index contributed by atoms with van der Waals surface area (Å²) in [5.74, 6) is 1.47. The van der Waals surface area contributed by atoms with E-state index in [1.54, 1.807) is 18.3 Å². The number of anilines is 1. The third-order valence-electron chi connectivity index (χ3n) is 4.38. The van der Waals surface area contributed by atoms with Crippen LogP contribution in [-0.4, -0.2) is 45.3 Å². The highest BCUT2D eigenvalue weighted by atomic mass is 127. The zero-order valence-electron chi connectivity index (χ0n) is 17.2. The Morgan fingerprint density at radius 1 is 1.27 bits per heavy atom. The highest BCUT2D eigenvalue weighted by Crippen LogP contribution is 2.32. The van der Waals surface area contributed by atoms with E-state index in [0.29, 0.717) is 31.5 Å². The van der Waals surface area contributed by atoms with Crippen LogP contribution in [-0.2, 0) is 16.0 Å². The minimum absolute atomic E-state index is 0. The van der Waals surface area contributed by atoms with Gasteiger partial charge in [0, 0.05) is 29.6 Å². The Balaban J connectivity index is 0.00000320. The standard InChI is InChI=1S/C21H27N3O4S.HI/c1-15(20(25)26-2)14-23-21(22-9-8-17-5-3-12-29-17)24-16-6-7-18-19(13-16)28-11-4-10-27-18;/h3,5-7,12-13,15H,4,8-11,14H2,1-2H3,(H2,22,23,24);1H. The molecular weight excluding hydrogens is 517 g/mol. The van der Waals surface area contributed by atoms with Crippen molar-refractivity contribution in [3.05, 3.63) is 40.6 Å². The van der Waals surface area contributed by atoms with Gasteiger partial charge in [0.1, 0.15) is 0 Å². The predicted molar refractivity (Wildman–Crippen MR) is 131 cm³/mol. The van der Waals surface area contributed by atoms with Gasteiger partial charge in [0.25, 0.3) is 0 Å². The molecule has 2 N–H and O–H groups in total. The summed E-state index contributed by atoms with van der Waals surface area (Å²) in [5.41, 5.74) is 0.836. The van der Waals surface area contributed by atoms with Gasteiger partial charge in [-0.15, -0.1) is 35.3 Å². The van der Waals surface area contributed by atoms with E-state index in [2.05, 4.69) is 27.1 Å². The number of hydrogen-bond acceptors (Lipinski definition) is 6. The number of esters is 1. The molecule has 7 nitrogen and oxygen atoms in total. The fourth-order valence-electron chi connectivity index (χ4n) is 2.78. The van der Waals surface area contributed by atoms with Crippen molar-refractivity contribution in [2.24, 2.45) is 10.9 Å². The van der Waals surface area contributed by atoms with E-state index in [4.69, 9.17) is 14.2 Å². The number of carbonyl (C=O) groups is 1. The molecule has 2 heterocycles. The van der Waals surface area contributed by atoms with E-state index in [-0.39, 0.29) is 35.9 Å². The van der Waals surface area contributed by atoms with Crippen molar-refractivity contribution in [2.75, 3.05) is 38.7 Å². The molecule has 0 aliphatic carbocycles. The maximum atomic E-state index is 11.7. The molecule has 0 amide bonds. The minimum atomic E-state index is -0.320. The highest BCUT2D eigenvalue weighted by Gasteiger charge is 2.14. The van der Waals surface area contributed by atoms with E-state index in [1.807, 2.05) is 24.3 Å². The molecule has 164 valence electrons. The number of rotatable bonds is 7. The minimum Gasteiger partial charge on any atom is -0.490 e. The topological polar surface area (TPSA) is 81.2 Å². The number of methoxy groups -OCH3 is 1. The summed E-state index contributed by atoms with van der Waals surface area (Å²) in [6.45, 7) is 4.14. The number of carbonyl (C=O) groups excluding carboxylic acids is 1. The molecule has 1 aliphatic heterocycles. The summed E-state index contributed by atoms with van der Waals surface area (Å²) in [7, 11) is 1.39. The first-order valence-corrected chi connectivity index (χ1v) is 10.6. The van der Waals surface area contributed by atoms with Crippen LogP contribution in [0.15, 0.2) is 40.7 Å². The van der Waals surface area contributed by atoms with E-state index >= 15 is 0 Å². The van der Waals surface area contributed by atoms with Gasteiger partial charge in [0.15, 0.2) is 17.5 Å². The van der Waals surface area contributed by atoms with Gasteiger partial charge in [0.2, 0.25) is 0 Å². The Bertz CT molecular complexity index is 830. The first-order chi connectivity index (χ1) is 14.2. The first-order valence-electron chi connectivity index (χ1n) is 9.71. The van der Waals surface area contributed by atoms with Crippen molar-refractivity contribution in [2.45, 2.75) is 19.8 Å². The van der Waals surface area contributed by atoms with Crippen LogP contribution < -0.4 is 20.1 Å². The Kier molecular flexibility index (Phi) is 10.2. The van der Waals surface area contributed by atoms with E-state index in [0.717, 1.165) is 30.8 Å². The predicted octanol–water partition coefficient (Wildman–Crippen LogP) is 3.94. The van der Waals surface area contributed by atoms with Crippen molar-refractivity contribution < 1.29 is 19.0 Å². The summed E-state index contributed by atoms with van der Waals surface area (Å²) in [5, 5.41) is 8.70. The number of guanidine groups is 1. The number of ether oxygens (including phenoxy) is 3. The Labute approximate surface area is 198 Å². The lowest BCUT2D eigenvalue weighted by atomic mass is 10.2. The number of hydrogen-bond donors (Lipinski definition) is 2. The molecule has 0 fully saturated rings. The average molecular weight is 545 g/mol. The molecule has 30 heavy (non-hydrogen) atoms. The number of fused-ring (bicyclic) bond motifs is 1. The lowest BCUT2D eigenvalue weighted by Crippen LogP contribution is -2.33. The molecule has 0 saturated carbocycles. The number of aliphatic imine (C=N–C) groups is 1. The smallest absolute Gasteiger partial charge is 0.310 e. The van der Waals surface area contributed by atoms with Gasteiger partial charge < -0.3 is 24.8 Å². The van der Waals surface area contributed by atoms with Crippen molar-refractivity contribution in [3.8, 4) is 11.5 Å². The second-order valence-electron chi connectivity index (χ2n) is 6.71. The normalized spacial score (nSPS) is 14.1. The summed E-state index contributed by atoms with van der Waals surface area (Å²) in [6, 6.07) is 9.88. The monoisotopic (exact) mass is 545 g/mol. The molecular formula is C21H28IN3O4S. The molecule has 0 radical (unpaired) electrons. The maximum absolute atomic E-state index is 11.7. The van der Waals surface area contributed by atoms with Crippen LogP contribution in [0, 0.1) is 5.92 Å². The molecule has 0 spiro atoms. The second kappa shape index (κ2) is 12.6. The quantitative estimate of drug-likeness (QED) is 0.238. The van der Waals surface area contributed by atoms with Crippen LogP contribution in [0.3, 0.4) is 0 Å². The van der Waals surface area contributed by atoms with Crippen molar-refractivity contribution in [1.29, 1.82) is 0 Å². The van der Waals surface area contributed by atoms with E-state index < -0.39 is 0 Å². The van der Waals surface area contributed by atoms with Crippen molar-refractivity contribution >= 4 is 52.9 Å². The average Bonchev–Trinajstić information content (AvgIpc) is 3.14. The van der Waals surface area contributed by atoms with Gasteiger partial charge in [-0.3, -0.25) is 9.79 Å². The van der Waals surface area contributed by atoms with Gasteiger partial charge in [-0.1, -0.05) is 13.0 Å². The van der Waals surface area contributed by atoms with Crippen LogP contribution in [0.25, 0.3) is 0 Å². The summed E-state index contributed by atoms with van der Waals surface area (Å²) in [4.78, 5) is 17.5. The van der Waals surface area contributed by atoms with Crippen LogP contribution in [0.5, 0.6) is 11.5 Å². The van der Waals surface area contributed by atoms with Gasteiger partial charge in [-0.2, -0.15) is 0 Å². The van der Waals surface area contributed by atoms with Crippen molar-refractivity contribution in [3.63, 3.8) is 0 Å². The fraction of sp³-hybridized carbons (Fsp3) is 0.429. The van der Waals surface area contributed by atoms with Gasteiger partial charge in [0.05, 0.1) is 32.8 Å². The van der Waals surface area contributed by atoms with E-state index in [9.17, 15) is 4.79 Å². The third-order valence-corrected chi connectivity index (χ3v) is 5.32. The zero-order valence-corrected chi connectivity index (χ0v) is 20.3. The molecule has 9 heteroatoms. The molecule has 1 aromatic carbocycles. The van der Waals surface area contributed by atoms with Crippen molar-refractivity contribution in [1.82, 2.24) is 5.32 Å². The number of benzene rings is 1. The number of halogens is 1. The van der Waals surface area contributed by atoms with Gasteiger partial charge >= 0.3 is 5.97 Å². The Hall–Kier alpha value is -2.01. The SMILES string of the molecule is COC(=O)C(C)CN=C(NCCc1cccs1)Nc1ccc2c(c1)OCCCO2.I. The molecule has 1 aliphatic rings. The second-order valence-corrected chi connectivity index (χ2v) is 7.74. The Morgan fingerprint density at radius 2 is 2.07 bits per heavy atom. The number of thiophene rings is 1. The number of nitrogens with zero attached hydrogens (tertiary/aromatic N) is 1. The van der Waals surface area contributed by atoms with Gasteiger partial charge in [-0.25, -0.2) is 0 Å². The Morgan fingerprint density at radius 3 is 2.80 bits per heavy atom. The first kappa shape index (κ1) is 24.3. The lowest BCUT2D eigenvalue weighted by Gasteiger charge is -2.15. The van der Waals surface area contributed by atoms with Crippen LogP contribution in [0.4, 0.5) is 5.69 Å². The molecule has 3 rings (SSSR count). The van der Waals surface area contributed by atoms with E-state index in [1.165, 1.54) is 12.0 Å². The summed E-state index contributed by atoms with van der Waals surface area (Å²) < 4.78 is 16.2. The summed E-state index contributed by atoms with van der Waals surface area (Å²) >= 11 is 1.73. The largest absolute Gasteiger partial charge is 0.490 e. The lowest BCUT2D eigenvalue weighted by molar-refractivity contribution is -0.144. The molecule has 1 unspecified atom stereocenters. The molecule has 1 atom stereocenters. The van der Waals surface area contributed by atoms with Crippen LogP contribution >= 0.6 is 35.3 Å². The molecule has 1 aromatic heterocycles.